The summed E-state index contributed by atoms with van der Waals surface area (Å²) in [7, 11) is 1.66. The van der Waals surface area contributed by atoms with Crippen LogP contribution >= 0.6 is 11.6 Å². The normalized spacial score (nSPS) is 12.1. The van der Waals surface area contributed by atoms with Crippen LogP contribution in [0.15, 0.2) is 71.3 Å². The summed E-state index contributed by atoms with van der Waals surface area (Å²) in [5.74, 6) is 2.32. The Bertz CT molecular complexity index is 836. The molecule has 6 heteroatoms. The topological polar surface area (TPSA) is 55.1 Å². The van der Waals surface area contributed by atoms with Gasteiger partial charge >= 0.3 is 0 Å². The maximum absolute atomic E-state index is 10.5. The van der Waals surface area contributed by atoms with Crippen molar-refractivity contribution in [3.05, 3.63) is 83.3 Å². The van der Waals surface area contributed by atoms with Gasteiger partial charge in [-0.25, -0.2) is 0 Å². The fourth-order valence-electron chi connectivity index (χ4n) is 2.96. The van der Waals surface area contributed by atoms with Crippen LogP contribution in [-0.4, -0.2) is 36.4 Å². The molecule has 0 unspecified atom stereocenters. The Morgan fingerprint density at radius 2 is 1.82 bits per heavy atom. The molecule has 0 aliphatic carbocycles. The van der Waals surface area contributed by atoms with Crippen LogP contribution in [0.3, 0.4) is 0 Å². The summed E-state index contributed by atoms with van der Waals surface area (Å²) in [5.41, 5.74) is 1.04. The molecule has 1 aromatic heterocycles. The van der Waals surface area contributed by atoms with Gasteiger partial charge < -0.3 is 19.0 Å². The molecule has 0 aliphatic rings. The molecule has 1 N–H and O–H groups in total. The van der Waals surface area contributed by atoms with Gasteiger partial charge in [0.1, 0.15) is 30.0 Å². The minimum absolute atomic E-state index is 0.183. The molecule has 0 amide bonds. The predicted molar refractivity (Wildman–Crippen MR) is 109 cm³/mol. The van der Waals surface area contributed by atoms with Gasteiger partial charge in [0, 0.05) is 23.7 Å². The second-order valence-electron chi connectivity index (χ2n) is 6.48. The first-order valence-electron chi connectivity index (χ1n) is 9.07. The van der Waals surface area contributed by atoms with Gasteiger partial charge in [-0.1, -0.05) is 29.8 Å². The zero-order chi connectivity index (χ0) is 19.8. The lowest BCUT2D eigenvalue weighted by atomic mass is 10.1. The van der Waals surface area contributed by atoms with E-state index in [1.807, 2.05) is 36.4 Å². The summed E-state index contributed by atoms with van der Waals surface area (Å²) < 4.78 is 16.6. The van der Waals surface area contributed by atoms with Crippen LogP contribution in [0.5, 0.6) is 11.5 Å². The lowest BCUT2D eigenvalue weighted by Crippen LogP contribution is -2.35. The average molecular weight is 402 g/mol. The van der Waals surface area contributed by atoms with E-state index in [4.69, 9.17) is 25.5 Å². The van der Waals surface area contributed by atoms with Crippen LogP contribution in [0, 0.1) is 0 Å². The minimum Gasteiger partial charge on any atom is -0.496 e. The third kappa shape index (κ3) is 6.02. The molecule has 2 aromatic carbocycles. The standard InChI is InChI=1S/C22H24ClNO4/c1-26-22-7-3-2-5-17(22)13-24(15-21-6-4-12-27-21)14-19(25)16-28-20-10-8-18(23)9-11-20/h2-12,19,25H,13-16H2,1H3/t19-/m0/s1. The maximum Gasteiger partial charge on any atom is 0.123 e. The van der Waals surface area contributed by atoms with Crippen molar-refractivity contribution in [2.45, 2.75) is 19.2 Å². The fourth-order valence-corrected chi connectivity index (χ4v) is 3.08. The number of rotatable bonds is 10. The lowest BCUT2D eigenvalue weighted by molar-refractivity contribution is 0.0602. The highest BCUT2D eigenvalue weighted by atomic mass is 35.5. The van der Waals surface area contributed by atoms with Gasteiger partial charge in [-0.2, -0.15) is 0 Å². The Balaban J connectivity index is 1.63. The molecule has 0 bridgehead atoms. The molecular weight excluding hydrogens is 378 g/mol. The van der Waals surface area contributed by atoms with Crippen molar-refractivity contribution in [3.8, 4) is 11.5 Å². The molecule has 1 heterocycles. The number of furan rings is 1. The van der Waals surface area contributed by atoms with Crippen LogP contribution < -0.4 is 9.47 Å². The molecule has 0 spiro atoms. The van der Waals surface area contributed by atoms with Crippen molar-refractivity contribution in [2.75, 3.05) is 20.3 Å². The van der Waals surface area contributed by atoms with E-state index in [2.05, 4.69) is 4.90 Å². The zero-order valence-electron chi connectivity index (χ0n) is 15.8. The lowest BCUT2D eigenvalue weighted by Gasteiger charge is -2.25. The quantitative estimate of drug-likeness (QED) is 0.546. The van der Waals surface area contributed by atoms with E-state index in [0.29, 0.717) is 30.4 Å². The maximum atomic E-state index is 10.5. The molecule has 1 atom stereocenters. The summed E-state index contributed by atoms with van der Waals surface area (Å²) in [4.78, 5) is 2.10. The number of hydrogen-bond acceptors (Lipinski definition) is 5. The smallest absolute Gasteiger partial charge is 0.123 e. The predicted octanol–water partition coefficient (Wildman–Crippen LogP) is 4.38. The van der Waals surface area contributed by atoms with E-state index in [9.17, 15) is 5.11 Å². The van der Waals surface area contributed by atoms with Crippen LogP contribution in [0.25, 0.3) is 0 Å². The average Bonchev–Trinajstić information content (AvgIpc) is 3.21. The Hall–Kier alpha value is -2.47. The van der Waals surface area contributed by atoms with Gasteiger partial charge in [0.2, 0.25) is 0 Å². The highest BCUT2D eigenvalue weighted by Gasteiger charge is 2.16. The zero-order valence-corrected chi connectivity index (χ0v) is 16.5. The van der Waals surface area contributed by atoms with E-state index >= 15 is 0 Å². The molecule has 3 aromatic rings. The van der Waals surface area contributed by atoms with E-state index < -0.39 is 6.10 Å². The molecule has 28 heavy (non-hydrogen) atoms. The van der Waals surface area contributed by atoms with Crippen LogP contribution in [0.1, 0.15) is 11.3 Å². The largest absolute Gasteiger partial charge is 0.496 e. The first kappa shape index (κ1) is 20.3. The van der Waals surface area contributed by atoms with Gasteiger partial charge in [0.05, 0.1) is 19.9 Å². The van der Waals surface area contributed by atoms with Crippen molar-refractivity contribution < 1.29 is 19.0 Å². The Kier molecular flexibility index (Phi) is 7.37. The van der Waals surface area contributed by atoms with Crippen molar-refractivity contribution in [1.29, 1.82) is 0 Å². The molecule has 5 nitrogen and oxygen atoms in total. The Morgan fingerprint density at radius 3 is 2.54 bits per heavy atom. The van der Waals surface area contributed by atoms with E-state index in [-0.39, 0.29) is 6.61 Å². The van der Waals surface area contributed by atoms with Gasteiger partial charge in [-0.05, 0) is 42.5 Å². The second-order valence-corrected chi connectivity index (χ2v) is 6.92. The first-order valence-corrected chi connectivity index (χ1v) is 9.45. The number of aliphatic hydroxyl groups is 1. The molecule has 3 rings (SSSR count). The van der Waals surface area contributed by atoms with E-state index in [1.165, 1.54) is 0 Å². The number of ether oxygens (including phenoxy) is 2. The number of para-hydroxylation sites is 1. The Labute approximate surface area is 170 Å². The molecule has 0 aliphatic heterocycles. The number of nitrogens with zero attached hydrogens (tertiary/aromatic N) is 1. The fraction of sp³-hybridized carbons (Fsp3) is 0.273. The van der Waals surface area contributed by atoms with Crippen molar-refractivity contribution in [3.63, 3.8) is 0 Å². The minimum atomic E-state index is -0.666. The molecule has 0 radical (unpaired) electrons. The van der Waals surface area contributed by atoms with Crippen molar-refractivity contribution in [1.82, 2.24) is 4.90 Å². The third-order valence-electron chi connectivity index (χ3n) is 4.27. The number of hydrogen-bond donors (Lipinski definition) is 1. The van der Waals surface area contributed by atoms with Gasteiger partial charge in [-0.15, -0.1) is 0 Å². The van der Waals surface area contributed by atoms with Crippen LogP contribution in [0.2, 0.25) is 5.02 Å². The summed E-state index contributed by atoms with van der Waals surface area (Å²) >= 11 is 5.88. The number of methoxy groups -OCH3 is 1. The summed E-state index contributed by atoms with van der Waals surface area (Å²) in [6.45, 7) is 1.79. The molecule has 148 valence electrons. The first-order chi connectivity index (χ1) is 13.6. The van der Waals surface area contributed by atoms with Crippen molar-refractivity contribution in [2.24, 2.45) is 0 Å². The van der Waals surface area contributed by atoms with Gasteiger partial charge in [-0.3, -0.25) is 4.90 Å². The van der Waals surface area contributed by atoms with Gasteiger partial charge in [0.25, 0.3) is 0 Å². The SMILES string of the molecule is COc1ccccc1CN(Cc1ccco1)C[C@H](O)COc1ccc(Cl)cc1. The number of halogens is 1. The van der Waals surface area contributed by atoms with E-state index in [1.54, 1.807) is 37.6 Å². The van der Waals surface area contributed by atoms with Crippen LogP contribution in [-0.2, 0) is 13.1 Å². The van der Waals surface area contributed by atoms with E-state index in [0.717, 1.165) is 17.1 Å². The van der Waals surface area contributed by atoms with Gasteiger partial charge in [0.15, 0.2) is 0 Å². The monoisotopic (exact) mass is 401 g/mol. The Morgan fingerprint density at radius 1 is 1.04 bits per heavy atom. The summed E-state index contributed by atoms with van der Waals surface area (Å²) in [5, 5.41) is 11.2. The molecule has 0 saturated carbocycles. The van der Waals surface area contributed by atoms with Crippen LogP contribution in [0.4, 0.5) is 0 Å². The summed E-state index contributed by atoms with van der Waals surface area (Å²) in [6, 6.07) is 18.7. The number of benzene rings is 2. The summed E-state index contributed by atoms with van der Waals surface area (Å²) in [6.07, 6.45) is 0.983. The second kappa shape index (κ2) is 10.2. The highest BCUT2D eigenvalue weighted by Crippen LogP contribution is 2.21. The molecule has 0 fully saturated rings. The van der Waals surface area contributed by atoms with Crippen molar-refractivity contribution >= 4 is 11.6 Å². The molecule has 0 saturated heterocycles. The number of aliphatic hydroxyl groups excluding tert-OH is 1. The third-order valence-corrected chi connectivity index (χ3v) is 4.52. The molecular formula is C22H24ClNO4. The highest BCUT2D eigenvalue weighted by molar-refractivity contribution is 6.30.